The van der Waals surface area contributed by atoms with Crippen LogP contribution < -0.4 is 9.64 Å². The van der Waals surface area contributed by atoms with Crippen molar-refractivity contribution in [1.29, 1.82) is 0 Å². The summed E-state index contributed by atoms with van der Waals surface area (Å²) in [5.74, 6) is 2.38. The number of aromatic nitrogens is 4. The number of nitrogens with one attached hydrogen (secondary N) is 1. The van der Waals surface area contributed by atoms with E-state index in [0.29, 0.717) is 37.5 Å². The summed E-state index contributed by atoms with van der Waals surface area (Å²) < 4.78 is 46.1. The third-order valence-electron chi connectivity index (χ3n) is 7.05. The van der Waals surface area contributed by atoms with Crippen LogP contribution in [0.15, 0.2) is 67.0 Å². The third kappa shape index (κ3) is 5.04. The smallest absolute Gasteiger partial charge is 0.416 e. The predicted octanol–water partition coefficient (Wildman–Crippen LogP) is 6.65. The molecule has 0 radical (unpaired) electrons. The molecule has 198 valence electrons. The molecule has 39 heavy (non-hydrogen) atoms. The first-order chi connectivity index (χ1) is 18.7. The second kappa shape index (κ2) is 9.72. The van der Waals surface area contributed by atoms with Crippen molar-refractivity contribution in [3.05, 3.63) is 101 Å². The first kappa shape index (κ1) is 24.9. The zero-order valence-corrected chi connectivity index (χ0v) is 21.5. The summed E-state index contributed by atoms with van der Waals surface area (Å²) in [4.78, 5) is 18.8. The zero-order valence-electron chi connectivity index (χ0n) is 21.5. The van der Waals surface area contributed by atoms with E-state index in [-0.39, 0.29) is 0 Å². The second-order valence-corrected chi connectivity index (χ2v) is 9.78. The Morgan fingerprint density at radius 1 is 0.974 bits per heavy atom. The van der Waals surface area contributed by atoms with Gasteiger partial charge >= 0.3 is 6.18 Å². The molecule has 3 heterocycles. The number of nitrogens with zero attached hydrogens (tertiary/aromatic N) is 4. The van der Waals surface area contributed by atoms with Crippen LogP contribution in [0.1, 0.15) is 33.8 Å². The van der Waals surface area contributed by atoms with Gasteiger partial charge in [-0.15, -0.1) is 0 Å². The van der Waals surface area contributed by atoms with Crippen molar-refractivity contribution in [3.8, 4) is 16.9 Å². The zero-order chi connectivity index (χ0) is 27.1. The van der Waals surface area contributed by atoms with Crippen LogP contribution in [0.5, 0.6) is 5.75 Å². The maximum Gasteiger partial charge on any atom is 0.416 e. The highest BCUT2D eigenvalue weighted by molar-refractivity contribution is 5.82. The maximum absolute atomic E-state index is 13.3. The molecule has 1 aliphatic heterocycles. The number of anilines is 1. The van der Waals surface area contributed by atoms with Crippen LogP contribution in [-0.4, -0.2) is 33.1 Å². The number of ether oxygens (including phenoxy) is 1. The molecular formula is C30H26F3N5O. The van der Waals surface area contributed by atoms with Gasteiger partial charge in [0.25, 0.3) is 0 Å². The van der Waals surface area contributed by atoms with Crippen LogP contribution in [0.3, 0.4) is 0 Å². The van der Waals surface area contributed by atoms with Crippen LogP contribution >= 0.6 is 0 Å². The molecule has 0 unspecified atom stereocenters. The lowest BCUT2D eigenvalue weighted by atomic mass is 10.0. The molecule has 0 saturated heterocycles. The van der Waals surface area contributed by atoms with Gasteiger partial charge < -0.3 is 14.6 Å². The van der Waals surface area contributed by atoms with E-state index < -0.39 is 11.7 Å². The Hall–Kier alpha value is -4.40. The number of fused-ring (bicyclic) bond motifs is 2. The highest BCUT2D eigenvalue weighted by Gasteiger charge is 2.30. The minimum Gasteiger partial charge on any atom is -0.491 e. The van der Waals surface area contributed by atoms with E-state index in [2.05, 4.69) is 43.0 Å². The minimum atomic E-state index is -4.40. The van der Waals surface area contributed by atoms with E-state index in [9.17, 15) is 13.2 Å². The monoisotopic (exact) mass is 529 g/mol. The predicted molar refractivity (Wildman–Crippen MR) is 144 cm³/mol. The van der Waals surface area contributed by atoms with Gasteiger partial charge in [0.15, 0.2) is 0 Å². The number of H-pyrrole nitrogens is 1. The van der Waals surface area contributed by atoms with Crippen LogP contribution in [0.2, 0.25) is 0 Å². The fourth-order valence-corrected chi connectivity index (χ4v) is 5.10. The Labute approximate surface area is 223 Å². The van der Waals surface area contributed by atoms with Gasteiger partial charge in [-0.2, -0.15) is 13.2 Å². The number of rotatable bonds is 4. The van der Waals surface area contributed by atoms with Crippen molar-refractivity contribution < 1.29 is 17.9 Å². The van der Waals surface area contributed by atoms with E-state index in [1.54, 1.807) is 6.07 Å². The summed E-state index contributed by atoms with van der Waals surface area (Å²) in [6, 6.07) is 17.7. The van der Waals surface area contributed by atoms with E-state index in [1.807, 2.05) is 32.0 Å². The van der Waals surface area contributed by atoms with Crippen LogP contribution in [-0.2, 0) is 19.1 Å². The summed E-state index contributed by atoms with van der Waals surface area (Å²) in [5, 5.41) is 0. The quantitative estimate of drug-likeness (QED) is 0.283. The number of aryl methyl sites for hydroxylation is 2. The van der Waals surface area contributed by atoms with Crippen LogP contribution in [0.25, 0.3) is 22.2 Å². The molecule has 3 aromatic carbocycles. The lowest BCUT2D eigenvalue weighted by Crippen LogP contribution is -2.28. The normalized spacial score (nSPS) is 13.7. The van der Waals surface area contributed by atoms with Crippen molar-refractivity contribution in [3.63, 3.8) is 0 Å². The van der Waals surface area contributed by atoms with Crippen molar-refractivity contribution in [2.45, 2.75) is 33.0 Å². The van der Waals surface area contributed by atoms with Gasteiger partial charge in [0.05, 0.1) is 23.1 Å². The molecule has 0 atom stereocenters. The van der Waals surface area contributed by atoms with E-state index in [4.69, 9.17) is 4.74 Å². The highest BCUT2D eigenvalue weighted by atomic mass is 19.4. The molecular weight excluding hydrogens is 503 g/mol. The first-order valence-corrected chi connectivity index (χ1v) is 12.7. The molecule has 0 aliphatic carbocycles. The Bertz CT molecular complexity index is 1680. The molecule has 0 fully saturated rings. The van der Waals surface area contributed by atoms with Gasteiger partial charge in [0.1, 0.15) is 30.3 Å². The molecule has 0 amide bonds. The molecule has 0 saturated carbocycles. The summed E-state index contributed by atoms with van der Waals surface area (Å²) in [6.07, 6.45) is -2.60. The number of alkyl halides is 3. The topological polar surface area (TPSA) is 66.9 Å². The van der Waals surface area contributed by atoms with Gasteiger partial charge in [-0.05, 0) is 60.9 Å². The second-order valence-electron chi connectivity index (χ2n) is 9.78. The lowest BCUT2D eigenvalue weighted by Gasteiger charge is -2.24. The molecule has 1 aliphatic rings. The number of benzene rings is 3. The number of halogens is 3. The first-order valence-electron chi connectivity index (χ1n) is 12.7. The van der Waals surface area contributed by atoms with Crippen molar-refractivity contribution in [1.82, 2.24) is 19.9 Å². The van der Waals surface area contributed by atoms with Crippen molar-refractivity contribution in [2.75, 3.05) is 18.1 Å². The summed E-state index contributed by atoms with van der Waals surface area (Å²) >= 11 is 0. The number of aromatic amines is 1. The fraction of sp³-hybridized carbons (Fsp3) is 0.233. The standard InChI is InChI=1S/C30H26F3N5O/c1-18-25(13-20-4-3-5-24(12-20)30(31,32)33)29(35-17-34-18)38-10-11-39-28-9-7-21(14-23(28)16-38)22-6-8-26-27(15-22)37-19(2)36-26/h3-9,12,14-15,17H,10-11,13,16H2,1-2H3,(H,36,37). The van der Waals surface area contributed by atoms with Crippen molar-refractivity contribution >= 4 is 16.9 Å². The molecule has 9 heteroatoms. The average Bonchev–Trinajstić information content (AvgIpc) is 3.15. The summed E-state index contributed by atoms with van der Waals surface area (Å²) in [5.41, 5.74) is 6.46. The molecule has 6 nitrogen and oxygen atoms in total. The van der Waals surface area contributed by atoms with Gasteiger partial charge in [-0.3, -0.25) is 0 Å². The van der Waals surface area contributed by atoms with Crippen molar-refractivity contribution in [2.24, 2.45) is 0 Å². The third-order valence-corrected chi connectivity index (χ3v) is 7.05. The Morgan fingerprint density at radius 2 is 1.79 bits per heavy atom. The number of hydrogen-bond acceptors (Lipinski definition) is 5. The summed E-state index contributed by atoms with van der Waals surface area (Å²) in [6.45, 7) is 5.37. The van der Waals surface area contributed by atoms with Gasteiger partial charge in [0.2, 0.25) is 0 Å². The number of imidazole rings is 1. The Morgan fingerprint density at radius 3 is 2.64 bits per heavy atom. The molecule has 0 bridgehead atoms. The average molecular weight is 530 g/mol. The Kier molecular flexibility index (Phi) is 6.21. The van der Waals surface area contributed by atoms with E-state index >= 15 is 0 Å². The molecule has 5 aromatic rings. The van der Waals surface area contributed by atoms with E-state index in [1.165, 1.54) is 18.5 Å². The lowest BCUT2D eigenvalue weighted by molar-refractivity contribution is -0.137. The van der Waals surface area contributed by atoms with Crippen LogP contribution in [0, 0.1) is 13.8 Å². The largest absolute Gasteiger partial charge is 0.491 e. The van der Waals surface area contributed by atoms with E-state index in [0.717, 1.165) is 56.6 Å². The molecule has 0 spiro atoms. The Balaban J connectivity index is 1.33. The molecule has 6 rings (SSSR count). The molecule has 2 aromatic heterocycles. The SMILES string of the molecule is Cc1nc2ccc(-c3ccc4c(c3)CN(c3ncnc(C)c3Cc3cccc(C(F)(F)F)c3)CCO4)cc2[nH]1. The minimum absolute atomic E-state index is 0.291. The number of hydrogen-bond donors (Lipinski definition) is 1. The summed E-state index contributed by atoms with van der Waals surface area (Å²) in [7, 11) is 0. The van der Waals surface area contributed by atoms with Gasteiger partial charge in [-0.1, -0.05) is 30.3 Å². The fourth-order valence-electron chi connectivity index (χ4n) is 5.10. The molecule has 1 N–H and O–H groups in total. The highest BCUT2D eigenvalue weighted by Crippen LogP contribution is 2.34. The maximum atomic E-state index is 13.3. The van der Waals surface area contributed by atoms with Gasteiger partial charge in [-0.25, -0.2) is 15.0 Å². The van der Waals surface area contributed by atoms with Gasteiger partial charge in [0, 0.05) is 29.8 Å². The van der Waals surface area contributed by atoms with Crippen LogP contribution in [0.4, 0.5) is 19.0 Å².